The summed E-state index contributed by atoms with van der Waals surface area (Å²) >= 11 is 0. The summed E-state index contributed by atoms with van der Waals surface area (Å²) < 4.78 is 5.67. The van der Waals surface area contributed by atoms with Gasteiger partial charge in [-0.05, 0) is 45.0 Å². The Labute approximate surface area is 125 Å². The van der Waals surface area contributed by atoms with Crippen LogP contribution in [0, 0.1) is 0 Å². The quantitative estimate of drug-likeness (QED) is 0.791. The van der Waals surface area contributed by atoms with Crippen LogP contribution in [0.5, 0.6) is 5.75 Å². The largest absolute Gasteiger partial charge is 0.493 e. The molecule has 5 nitrogen and oxygen atoms in total. The van der Waals surface area contributed by atoms with Gasteiger partial charge in [0.25, 0.3) is 0 Å². The second kappa shape index (κ2) is 6.63. The van der Waals surface area contributed by atoms with E-state index in [1.54, 1.807) is 0 Å². The summed E-state index contributed by atoms with van der Waals surface area (Å²) in [6.45, 7) is 4.80. The number of ether oxygens (including phenoxy) is 1. The average molecular weight is 286 g/mol. The van der Waals surface area contributed by atoms with Crippen LogP contribution in [0.4, 0.5) is 5.82 Å². The standard InChI is InChI=1S/C16H22N4O/c1-2-21-15-6-4-3-5-13(15)14-11-16(20-19-14)18-12-7-9-17-10-8-12/h3-6,11-12,17H,2,7-10H2,1H3,(H2,18,19,20). The molecule has 0 unspecified atom stereocenters. The SMILES string of the molecule is CCOc1ccccc1-c1cc(NC2CCNCC2)n[nH]1. The first-order chi connectivity index (χ1) is 10.4. The van der Waals surface area contributed by atoms with Crippen molar-refractivity contribution >= 4 is 5.82 Å². The van der Waals surface area contributed by atoms with Gasteiger partial charge < -0.3 is 15.4 Å². The second-order valence-electron chi connectivity index (χ2n) is 5.26. The third kappa shape index (κ3) is 3.36. The predicted octanol–water partition coefficient (Wildman–Crippen LogP) is 2.64. The number of nitrogens with one attached hydrogen (secondary N) is 3. The number of hydrogen-bond acceptors (Lipinski definition) is 4. The Balaban J connectivity index is 1.75. The fourth-order valence-electron chi connectivity index (χ4n) is 2.68. The molecule has 1 aromatic carbocycles. The van der Waals surface area contributed by atoms with Crippen molar-refractivity contribution in [3.05, 3.63) is 30.3 Å². The van der Waals surface area contributed by atoms with Crippen LogP contribution < -0.4 is 15.4 Å². The van der Waals surface area contributed by atoms with Gasteiger partial charge in [0.15, 0.2) is 0 Å². The lowest BCUT2D eigenvalue weighted by atomic mass is 10.1. The summed E-state index contributed by atoms with van der Waals surface area (Å²) in [5.41, 5.74) is 2.03. The zero-order valence-corrected chi connectivity index (χ0v) is 12.4. The average Bonchev–Trinajstić information content (AvgIpc) is 2.97. The molecule has 0 bridgehead atoms. The fraction of sp³-hybridized carbons (Fsp3) is 0.438. The highest BCUT2D eigenvalue weighted by Gasteiger charge is 2.15. The molecular weight excluding hydrogens is 264 g/mol. The minimum atomic E-state index is 0.504. The first-order valence-corrected chi connectivity index (χ1v) is 7.61. The number of benzene rings is 1. The molecule has 0 atom stereocenters. The first-order valence-electron chi connectivity index (χ1n) is 7.61. The summed E-state index contributed by atoms with van der Waals surface area (Å²) in [5.74, 6) is 1.79. The molecule has 1 aliphatic rings. The molecule has 0 amide bonds. The van der Waals surface area contributed by atoms with E-state index < -0.39 is 0 Å². The van der Waals surface area contributed by atoms with Gasteiger partial charge in [-0.3, -0.25) is 5.10 Å². The normalized spacial score (nSPS) is 15.9. The first kappa shape index (κ1) is 13.9. The Morgan fingerprint density at radius 2 is 2.10 bits per heavy atom. The molecule has 3 N–H and O–H groups in total. The smallest absolute Gasteiger partial charge is 0.148 e. The monoisotopic (exact) mass is 286 g/mol. The van der Waals surface area contributed by atoms with Crippen molar-refractivity contribution in [2.75, 3.05) is 25.0 Å². The van der Waals surface area contributed by atoms with E-state index in [1.807, 2.05) is 31.2 Å². The van der Waals surface area contributed by atoms with Crippen LogP contribution in [0.25, 0.3) is 11.3 Å². The molecule has 0 spiro atoms. The Morgan fingerprint density at radius 3 is 2.90 bits per heavy atom. The highest BCUT2D eigenvalue weighted by atomic mass is 16.5. The summed E-state index contributed by atoms with van der Waals surface area (Å²) in [4.78, 5) is 0. The Kier molecular flexibility index (Phi) is 4.40. The van der Waals surface area contributed by atoms with E-state index in [2.05, 4.69) is 26.9 Å². The molecule has 2 aromatic rings. The van der Waals surface area contributed by atoms with Crippen molar-refractivity contribution in [2.45, 2.75) is 25.8 Å². The molecule has 2 heterocycles. The number of aromatic amines is 1. The van der Waals surface area contributed by atoms with E-state index in [1.165, 1.54) is 0 Å². The van der Waals surface area contributed by atoms with Crippen molar-refractivity contribution in [3.63, 3.8) is 0 Å². The summed E-state index contributed by atoms with van der Waals surface area (Å²) in [5, 5.41) is 14.3. The zero-order chi connectivity index (χ0) is 14.5. The molecule has 0 saturated carbocycles. The van der Waals surface area contributed by atoms with Gasteiger partial charge in [0, 0.05) is 17.7 Å². The Bertz CT molecular complexity index is 575. The van der Waals surface area contributed by atoms with Crippen LogP contribution in [-0.2, 0) is 0 Å². The third-order valence-corrected chi connectivity index (χ3v) is 3.75. The van der Waals surface area contributed by atoms with E-state index >= 15 is 0 Å². The lowest BCUT2D eigenvalue weighted by molar-refractivity contribution is 0.341. The van der Waals surface area contributed by atoms with Gasteiger partial charge in [-0.25, -0.2) is 0 Å². The van der Waals surface area contributed by atoms with Crippen molar-refractivity contribution < 1.29 is 4.74 Å². The maximum absolute atomic E-state index is 5.67. The molecule has 21 heavy (non-hydrogen) atoms. The zero-order valence-electron chi connectivity index (χ0n) is 12.4. The number of aromatic nitrogens is 2. The topological polar surface area (TPSA) is 62.0 Å². The molecule has 5 heteroatoms. The molecule has 1 aliphatic heterocycles. The molecule has 112 valence electrons. The van der Waals surface area contributed by atoms with Gasteiger partial charge in [0.1, 0.15) is 11.6 Å². The molecule has 0 radical (unpaired) electrons. The van der Waals surface area contributed by atoms with Crippen LogP contribution in [0.3, 0.4) is 0 Å². The summed E-state index contributed by atoms with van der Waals surface area (Å²) in [7, 11) is 0. The molecular formula is C16H22N4O. The summed E-state index contributed by atoms with van der Waals surface area (Å²) in [6.07, 6.45) is 2.27. The van der Waals surface area contributed by atoms with Gasteiger partial charge in [-0.1, -0.05) is 12.1 Å². The van der Waals surface area contributed by atoms with Gasteiger partial charge in [-0.2, -0.15) is 5.10 Å². The second-order valence-corrected chi connectivity index (χ2v) is 5.26. The van der Waals surface area contributed by atoms with Crippen LogP contribution in [0.2, 0.25) is 0 Å². The van der Waals surface area contributed by atoms with Crippen LogP contribution >= 0.6 is 0 Å². The van der Waals surface area contributed by atoms with E-state index in [-0.39, 0.29) is 0 Å². The lowest BCUT2D eigenvalue weighted by Gasteiger charge is -2.23. The number of hydrogen-bond donors (Lipinski definition) is 3. The number of para-hydroxylation sites is 1. The third-order valence-electron chi connectivity index (χ3n) is 3.75. The van der Waals surface area contributed by atoms with E-state index in [4.69, 9.17) is 4.74 Å². The van der Waals surface area contributed by atoms with Gasteiger partial charge >= 0.3 is 0 Å². The minimum absolute atomic E-state index is 0.504. The maximum Gasteiger partial charge on any atom is 0.148 e. The van der Waals surface area contributed by atoms with E-state index in [9.17, 15) is 0 Å². The minimum Gasteiger partial charge on any atom is -0.493 e. The number of nitrogens with zero attached hydrogens (tertiary/aromatic N) is 1. The van der Waals surface area contributed by atoms with Crippen LogP contribution in [0.1, 0.15) is 19.8 Å². The highest BCUT2D eigenvalue weighted by Crippen LogP contribution is 2.29. The lowest BCUT2D eigenvalue weighted by Crippen LogP contribution is -2.35. The van der Waals surface area contributed by atoms with E-state index in [0.29, 0.717) is 12.6 Å². The number of piperidine rings is 1. The molecule has 3 rings (SSSR count). The number of rotatable bonds is 5. The maximum atomic E-state index is 5.67. The Morgan fingerprint density at radius 1 is 1.29 bits per heavy atom. The molecule has 1 fully saturated rings. The van der Waals surface area contributed by atoms with E-state index in [0.717, 1.165) is 48.8 Å². The molecule has 1 aromatic heterocycles. The van der Waals surface area contributed by atoms with Crippen molar-refractivity contribution in [3.8, 4) is 17.0 Å². The van der Waals surface area contributed by atoms with Gasteiger partial charge in [-0.15, -0.1) is 0 Å². The van der Waals surface area contributed by atoms with Crippen molar-refractivity contribution in [1.29, 1.82) is 0 Å². The van der Waals surface area contributed by atoms with Gasteiger partial charge in [0.2, 0.25) is 0 Å². The highest BCUT2D eigenvalue weighted by molar-refractivity contribution is 5.69. The molecule has 1 saturated heterocycles. The van der Waals surface area contributed by atoms with Crippen molar-refractivity contribution in [2.24, 2.45) is 0 Å². The molecule has 0 aliphatic carbocycles. The predicted molar refractivity (Wildman–Crippen MR) is 84.7 cm³/mol. The Hall–Kier alpha value is -2.01. The fourth-order valence-corrected chi connectivity index (χ4v) is 2.68. The number of H-pyrrole nitrogens is 1. The van der Waals surface area contributed by atoms with Crippen molar-refractivity contribution in [1.82, 2.24) is 15.5 Å². The summed E-state index contributed by atoms with van der Waals surface area (Å²) in [6, 6.07) is 10.6. The van der Waals surface area contributed by atoms with Crippen LogP contribution in [0.15, 0.2) is 30.3 Å². The van der Waals surface area contributed by atoms with Crippen LogP contribution in [-0.4, -0.2) is 35.9 Å². The number of anilines is 1. The van der Waals surface area contributed by atoms with Gasteiger partial charge in [0.05, 0.1) is 12.3 Å².